The first-order valence-corrected chi connectivity index (χ1v) is 11.1. The molecule has 0 amide bonds. The Bertz CT molecular complexity index is 1090. The number of nitro benzene ring substituents is 2. The minimum absolute atomic E-state index is 0. The maximum absolute atomic E-state index is 10.5. The monoisotopic (exact) mass is 593 g/mol. The third-order valence-electron chi connectivity index (χ3n) is 4.33. The molecule has 37 heavy (non-hydrogen) atoms. The topological polar surface area (TPSA) is 142 Å². The second-order valence-corrected chi connectivity index (χ2v) is 8.26. The van der Waals surface area contributed by atoms with Crippen LogP contribution in [0.2, 0.25) is 0 Å². The Balaban J connectivity index is 0.000000682. The number of hydrogen-bond donors (Lipinski definition) is 0. The van der Waals surface area contributed by atoms with Crippen LogP contribution in [0.4, 0.5) is 11.4 Å². The molecule has 0 bridgehead atoms. The van der Waals surface area contributed by atoms with Crippen LogP contribution in [0.25, 0.3) is 0 Å². The van der Waals surface area contributed by atoms with Crippen LogP contribution >= 0.6 is 0 Å². The first-order chi connectivity index (χ1) is 16.8. The second kappa shape index (κ2) is 16.3. The fraction of sp³-hybridized carbons (Fsp3) is 0.273. The van der Waals surface area contributed by atoms with Crippen molar-refractivity contribution in [2.75, 3.05) is 28.2 Å². The van der Waals surface area contributed by atoms with E-state index in [9.17, 15) is 20.2 Å². The van der Waals surface area contributed by atoms with Gasteiger partial charge in [0.05, 0.1) is 21.3 Å². The first-order valence-electron chi connectivity index (χ1n) is 10.3. The van der Waals surface area contributed by atoms with Gasteiger partial charge in [0.1, 0.15) is 0 Å². The first kappa shape index (κ1) is 33.5. The van der Waals surface area contributed by atoms with Gasteiger partial charge < -0.3 is 35.1 Å². The number of nitrogens with zero attached hydrogens (tertiary/aromatic N) is 8. The van der Waals surface area contributed by atoms with Crippen molar-refractivity contribution in [1.82, 2.24) is 9.80 Å². The molecule has 2 rings (SSSR count). The van der Waals surface area contributed by atoms with E-state index in [2.05, 4.69) is 20.4 Å². The van der Waals surface area contributed by atoms with E-state index < -0.39 is 9.85 Å². The summed E-state index contributed by atoms with van der Waals surface area (Å²) in [4.78, 5) is 23.5. The number of rotatable bonds is 6. The summed E-state index contributed by atoms with van der Waals surface area (Å²) in [5.41, 5.74) is 2.93. The van der Waals surface area contributed by atoms with Gasteiger partial charge >= 0.3 is 17.1 Å². The molecule has 0 unspecified atom stereocenters. The van der Waals surface area contributed by atoms with Crippen molar-refractivity contribution < 1.29 is 26.9 Å². The molecule has 12 nitrogen and oxygen atoms in total. The molecule has 0 atom stereocenters. The summed E-state index contributed by atoms with van der Waals surface area (Å²) in [6.07, 6.45) is 0. The van der Waals surface area contributed by atoms with E-state index >= 15 is 0 Å². The van der Waals surface area contributed by atoms with Crippen LogP contribution in [0, 0.1) is 20.2 Å². The summed E-state index contributed by atoms with van der Waals surface area (Å²) in [6, 6.07) is 12.2. The van der Waals surface area contributed by atoms with E-state index in [4.69, 9.17) is 25.3 Å². The van der Waals surface area contributed by atoms with Crippen molar-refractivity contribution >= 4 is 58.4 Å². The van der Waals surface area contributed by atoms with Crippen LogP contribution in [0.5, 0.6) is 0 Å². The molecule has 201 valence electrons. The normalized spacial score (nSPS) is 12.1. The summed E-state index contributed by atoms with van der Waals surface area (Å²) in [5, 5.41) is 37.5. The van der Waals surface area contributed by atoms with Gasteiger partial charge in [-0.3, -0.25) is 20.2 Å². The third-order valence-corrected chi connectivity index (χ3v) is 5.22. The molecule has 0 fully saturated rings. The Hall–Kier alpha value is -3.52. The Labute approximate surface area is 236 Å². The maximum atomic E-state index is 10.5. The number of amidine groups is 2. The average Bonchev–Trinajstić information content (AvgIpc) is 2.85. The third kappa shape index (κ3) is 11.8. The molecular formula is C22H26CuN8O4S2. The molecule has 1 radical (unpaired) electrons. The molecule has 0 aliphatic carbocycles. The summed E-state index contributed by atoms with van der Waals surface area (Å²) >= 11 is 9.93. The predicted octanol–water partition coefficient (Wildman–Crippen LogP) is 3.56. The largest absolute Gasteiger partial charge is 2.00 e. The van der Waals surface area contributed by atoms with Gasteiger partial charge in [0.15, 0.2) is 0 Å². The van der Waals surface area contributed by atoms with Gasteiger partial charge in [-0.1, -0.05) is 0 Å². The van der Waals surface area contributed by atoms with Gasteiger partial charge in [0.2, 0.25) is 0 Å². The van der Waals surface area contributed by atoms with Gasteiger partial charge in [-0.05, 0) is 49.2 Å². The van der Waals surface area contributed by atoms with Crippen LogP contribution in [0.15, 0.2) is 68.9 Å². The smallest absolute Gasteiger partial charge is 0.741 e. The number of benzene rings is 2. The van der Waals surface area contributed by atoms with Crippen LogP contribution in [0.3, 0.4) is 0 Å². The van der Waals surface area contributed by atoms with E-state index in [1.807, 2.05) is 0 Å². The van der Waals surface area contributed by atoms with Crippen molar-refractivity contribution in [3.05, 3.63) is 79.9 Å². The number of non-ortho nitro benzene ring substituents is 2. The summed E-state index contributed by atoms with van der Waals surface area (Å²) in [6.45, 7) is 3.53. The Morgan fingerprint density at radius 3 is 1.14 bits per heavy atom. The van der Waals surface area contributed by atoms with Crippen LogP contribution in [-0.2, 0) is 42.3 Å². The van der Waals surface area contributed by atoms with E-state index in [1.165, 1.54) is 24.3 Å². The number of hydrogen-bond acceptors (Lipinski definition) is 10. The minimum atomic E-state index is -0.443. The van der Waals surface area contributed by atoms with Gasteiger partial charge in [-0.25, -0.2) is 0 Å². The van der Waals surface area contributed by atoms with Crippen LogP contribution in [0.1, 0.15) is 25.0 Å². The molecule has 2 aromatic rings. The standard InChI is InChI=1S/2C11H14N4O2S.Cu/c2*1-8(12-13-11(18)14(2)3)9-4-6-10(7-5-9)15(16)17;/h2*4-7H,1-3H3,(H,13,18);/q;;+2/p-2/b2*12-8+;. The molecule has 0 N–H and O–H groups in total. The minimum Gasteiger partial charge on any atom is -0.741 e. The molecular weight excluding hydrogens is 568 g/mol. The molecule has 0 aromatic heterocycles. The molecule has 2 aromatic carbocycles. The predicted molar refractivity (Wildman–Crippen MR) is 148 cm³/mol. The SMILES string of the molecule is C/C(=N\N=C(/[S-])N(C)C)c1ccc([N+](=O)[O-])cc1.C/C(=N\N=C(/[S-])N(C)C)c1ccc([N+](=O)[O-])cc1.[Cu+2]. The van der Waals surface area contributed by atoms with E-state index in [0.717, 1.165) is 11.1 Å². The zero-order chi connectivity index (χ0) is 27.4. The van der Waals surface area contributed by atoms with Crippen LogP contribution in [-0.4, -0.2) is 69.6 Å². The molecule has 15 heteroatoms. The second-order valence-electron chi connectivity index (χ2n) is 7.53. The van der Waals surface area contributed by atoms with Crippen molar-refractivity contribution in [3.63, 3.8) is 0 Å². The van der Waals surface area contributed by atoms with Crippen molar-refractivity contribution in [2.24, 2.45) is 20.4 Å². The van der Waals surface area contributed by atoms with E-state index in [1.54, 1.807) is 76.1 Å². The van der Waals surface area contributed by atoms with Gasteiger partial charge in [0.25, 0.3) is 11.4 Å². The van der Waals surface area contributed by atoms with Gasteiger partial charge in [0, 0.05) is 62.8 Å². The van der Waals surface area contributed by atoms with Gasteiger partial charge in [-0.15, -0.1) is 0 Å². The Kier molecular flexibility index (Phi) is 14.7. The summed E-state index contributed by atoms with van der Waals surface area (Å²) < 4.78 is 0. The van der Waals surface area contributed by atoms with Crippen molar-refractivity contribution in [2.45, 2.75) is 13.8 Å². The zero-order valence-corrected chi connectivity index (χ0v) is 23.5. The average molecular weight is 594 g/mol. The molecule has 0 saturated heterocycles. The molecule has 0 spiro atoms. The fourth-order valence-electron chi connectivity index (χ4n) is 2.18. The molecule has 0 aliphatic heterocycles. The fourth-order valence-corrected chi connectivity index (χ4v) is 2.26. The van der Waals surface area contributed by atoms with Gasteiger partial charge in [-0.2, -0.15) is 20.4 Å². The molecule has 0 aliphatic rings. The van der Waals surface area contributed by atoms with Crippen LogP contribution < -0.4 is 0 Å². The molecule has 0 saturated carbocycles. The van der Waals surface area contributed by atoms with E-state index in [-0.39, 0.29) is 28.4 Å². The molecule has 0 heterocycles. The number of nitro groups is 2. The maximum Gasteiger partial charge on any atom is 2.00 e. The summed E-state index contributed by atoms with van der Waals surface area (Å²) in [5.74, 6) is 0. The van der Waals surface area contributed by atoms with Crippen molar-refractivity contribution in [3.8, 4) is 0 Å². The zero-order valence-electron chi connectivity index (χ0n) is 20.9. The van der Waals surface area contributed by atoms with E-state index in [0.29, 0.717) is 21.8 Å². The Morgan fingerprint density at radius 2 is 0.919 bits per heavy atom. The Morgan fingerprint density at radius 1 is 0.649 bits per heavy atom. The summed E-state index contributed by atoms with van der Waals surface area (Å²) in [7, 11) is 7.12. The van der Waals surface area contributed by atoms with Crippen molar-refractivity contribution in [1.29, 1.82) is 0 Å². The quantitative estimate of drug-likeness (QED) is 0.124.